The average molecular weight is 344 g/mol. The second kappa shape index (κ2) is 7.13. The molecule has 0 spiro atoms. The Kier molecular flexibility index (Phi) is 4.94. The van der Waals surface area contributed by atoms with Crippen LogP contribution in [0.2, 0.25) is 0 Å². The van der Waals surface area contributed by atoms with E-state index in [0.717, 1.165) is 17.8 Å². The van der Waals surface area contributed by atoms with E-state index in [0.29, 0.717) is 18.7 Å². The number of aromatic nitrogens is 1. The number of aliphatic carboxylic acids is 1. The van der Waals surface area contributed by atoms with Gasteiger partial charge in [0, 0.05) is 24.4 Å². The van der Waals surface area contributed by atoms with Gasteiger partial charge in [0.2, 0.25) is 0 Å². The van der Waals surface area contributed by atoms with Crippen LogP contribution in [0.3, 0.4) is 0 Å². The standard InChI is InChI=1S/C18H20N2O3S/c1-12-4-6-13(7-5-12)9-16-19-15(11-24-16)18(23)20-8-2-3-14(20)10-17(21)22/h4-7,11,14H,2-3,8-10H2,1H3,(H,21,22). The number of carbonyl (C=O) groups excluding carboxylic acids is 1. The van der Waals surface area contributed by atoms with Crippen LogP contribution in [0.1, 0.15) is 45.9 Å². The zero-order chi connectivity index (χ0) is 17.1. The molecule has 1 atom stereocenters. The van der Waals surface area contributed by atoms with Gasteiger partial charge in [-0.2, -0.15) is 0 Å². The summed E-state index contributed by atoms with van der Waals surface area (Å²) in [6.45, 7) is 2.66. The smallest absolute Gasteiger partial charge is 0.305 e. The lowest BCUT2D eigenvalue weighted by atomic mass is 10.1. The van der Waals surface area contributed by atoms with Crippen LogP contribution in [-0.2, 0) is 11.2 Å². The van der Waals surface area contributed by atoms with Gasteiger partial charge >= 0.3 is 5.97 Å². The van der Waals surface area contributed by atoms with E-state index >= 15 is 0 Å². The number of thiazole rings is 1. The summed E-state index contributed by atoms with van der Waals surface area (Å²) in [4.78, 5) is 29.7. The molecule has 24 heavy (non-hydrogen) atoms. The molecule has 0 aliphatic carbocycles. The summed E-state index contributed by atoms with van der Waals surface area (Å²) in [5.74, 6) is -1.01. The van der Waals surface area contributed by atoms with Crippen LogP contribution in [0.15, 0.2) is 29.6 Å². The summed E-state index contributed by atoms with van der Waals surface area (Å²) in [6, 6.07) is 8.06. The fraction of sp³-hybridized carbons (Fsp3) is 0.389. The van der Waals surface area contributed by atoms with Crippen LogP contribution in [-0.4, -0.2) is 39.5 Å². The van der Waals surface area contributed by atoms with Gasteiger partial charge in [-0.05, 0) is 25.3 Å². The van der Waals surface area contributed by atoms with Crippen LogP contribution in [0, 0.1) is 6.92 Å². The summed E-state index contributed by atoms with van der Waals surface area (Å²) in [6.07, 6.45) is 2.31. The predicted molar refractivity (Wildman–Crippen MR) is 92.4 cm³/mol. The van der Waals surface area contributed by atoms with Crippen LogP contribution < -0.4 is 0 Å². The number of carboxylic acid groups (broad SMARTS) is 1. The van der Waals surface area contributed by atoms with E-state index in [1.165, 1.54) is 22.5 Å². The lowest BCUT2D eigenvalue weighted by Gasteiger charge is -2.22. The molecule has 3 rings (SSSR count). The Morgan fingerprint density at radius 1 is 1.33 bits per heavy atom. The van der Waals surface area contributed by atoms with E-state index in [4.69, 9.17) is 5.11 Å². The van der Waals surface area contributed by atoms with Gasteiger partial charge in [-0.25, -0.2) is 4.98 Å². The molecule has 1 aromatic heterocycles. The first-order chi connectivity index (χ1) is 11.5. The fourth-order valence-electron chi connectivity index (χ4n) is 3.03. The van der Waals surface area contributed by atoms with E-state index in [-0.39, 0.29) is 18.4 Å². The summed E-state index contributed by atoms with van der Waals surface area (Å²) in [5.41, 5.74) is 2.81. The van der Waals surface area contributed by atoms with Crippen LogP contribution in [0.25, 0.3) is 0 Å². The molecule has 1 amide bonds. The molecule has 0 saturated carbocycles. The number of nitrogens with zero attached hydrogens (tertiary/aromatic N) is 2. The van der Waals surface area contributed by atoms with Crippen molar-refractivity contribution in [1.82, 2.24) is 9.88 Å². The van der Waals surface area contributed by atoms with Crippen molar-refractivity contribution in [2.24, 2.45) is 0 Å². The van der Waals surface area contributed by atoms with Crippen molar-refractivity contribution < 1.29 is 14.7 Å². The summed E-state index contributed by atoms with van der Waals surface area (Å²) in [5, 5.41) is 11.7. The van der Waals surface area contributed by atoms with E-state index in [2.05, 4.69) is 29.2 Å². The van der Waals surface area contributed by atoms with Crippen molar-refractivity contribution in [3.05, 3.63) is 51.5 Å². The highest BCUT2D eigenvalue weighted by Gasteiger charge is 2.31. The topological polar surface area (TPSA) is 70.5 Å². The first kappa shape index (κ1) is 16.6. The number of carboxylic acids is 1. The van der Waals surface area contributed by atoms with Crippen LogP contribution >= 0.6 is 11.3 Å². The maximum absolute atomic E-state index is 12.6. The minimum absolute atomic E-state index is 0.00605. The van der Waals surface area contributed by atoms with Crippen molar-refractivity contribution in [1.29, 1.82) is 0 Å². The highest BCUT2D eigenvalue weighted by atomic mass is 32.1. The molecular weight excluding hydrogens is 324 g/mol. The number of aryl methyl sites for hydroxylation is 1. The monoisotopic (exact) mass is 344 g/mol. The molecular formula is C18H20N2O3S. The summed E-state index contributed by atoms with van der Waals surface area (Å²) in [7, 11) is 0. The molecule has 126 valence electrons. The maximum atomic E-state index is 12.6. The SMILES string of the molecule is Cc1ccc(Cc2nc(C(=O)N3CCCC3CC(=O)O)cs2)cc1. The van der Waals surface area contributed by atoms with Crippen LogP contribution in [0.5, 0.6) is 0 Å². The summed E-state index contributed by atoms with van der Waals surface area (Å²) >= 11 is 1.48. The zero-order valence-electron chi connectivity index (χ0n) is 13.6. The Balaban J connectivity index is 1.69. The number of carbonyl (C=O) groups is 2. The Hall–Kier alpha value is -2.21. The highest BCUT2D eigenvalue weighted by molar-refractivity contribution is 7.09. The number of hydrogen-bond donors (Lipinski definition) is 1. The number of hydrogen-bond acceptors (Lipinski definition) is 4. The Labute approximate surface area is 145 Å². The third kappa shape index (κ3) is 3.82. The number of benzene rings is 1. The number of rotatable bonds is 5. The van der Waals surface area contributed by atoms with Gasteiger partial charge in [-0.1, -0.05) is 29.8 Å². The second-order valence-electron chi connectivity index (χ2n) is 6.18. The number of amides is 1. The van der Waals surface area contributed by atoms with E-state index in [9.17, 15) is 9.59 Å². The van der Waals surface area contributed by atoms with Crippen molar-refractivity contribution in [2.45, 2.75) is 38.6 Å². The van der Waals surface area contributed by atoms with Crippen molar-refractivity contribution in [3.63, 3.8) is 0 Å². The molecule has 5 nitrogen and oxygen atoms in total. The van der Waals surface area contributed by atoms with Gasteiger partial charge in [-0.15, -0.1) is 11.3 Å². The Morgan fingerprint density at radius 3 is 2.79 bits per heavy atom. The normalized spacial score (nSPS) is 17.2. The lowest BCUT2D eigenvalue weighted by Crippen LogP contribution is -2.37. The van der Waals surface area contributed by atoms with E-state index in [1.54, 1.807) is 10.3 Å². The molecule has 0 bridgehead atoms. The first-order valence-electron chi connectivity index (χ1n) is 8.05. The van der Waals surface area contributed by atoms with Gasteiger partial charge in [-0.3, -0.25) is 9.59 Å². The molecule has 2 heterocycles. The second-order valence-corrected chi connectivity index (χ2v) is 7.12. The molecule has 1 aliphatic heterocycles. The van der Waals surface area contributed by atoms with Gasteiger partial charge < -0.3 is 10.0 Å². The fourth-order valence-corrected chi connectivity index (χ4v) is 3.84. The van der Waals surface area contributed by atoms with Crippen molar-refractivity contribution >= 4 is 23.2 Å². The molecule has 1 unspecified atom stereocenters. The molecule has 1 fully saturated rings. The van der Waals surface area contributed by atoms with Gasteiger partial charge in [0.05, 0.1) is 11.4 Å². The van der Waals surface area contributed by atoms with E-state index < -0.39 is 5.97 Å². The Morgan fingerprint density at radius 2 is 2.08 bits per heavy atom. The predicted octanol–water partition coefficient (Wildman–Crippen LogP) is 3.12. The van der Waals surface area contributed by atoms with Gasteiger partial charge in [0.1, 0.15) is 5.69 Å². The Bertz CT molecular complexity index is 739. The van der Waals surface area contributed by atoms with Gasteiger partial charge in [0.15, 0.2) is 0 Å². The molecule has 6 heteroatoms. The lowest BCUT2D eigenvalue weighted by molar-refractivity contribution is -0.137. The average Bonchev–Trinajstić information content (AvgIpc) is 3.18. The third-order valence-corrected chi connectivity index (χ3v) is 5.14. The highest BCUT2D eigenvalue weighted by Crippen LogP contribution is 2.24. The molecule has 1 aromatic carbocycles. The first-order valence-corrected chi connectivity index (χ1v) is 8.93. The summed E-state index contributed by atoms with van der Waals surface area (Å²) < 4.78 is 0. The van der Waals surface area contributed by atoms with Crippen LogP contribution in [0.4, 0.5) is 0 Å². The quantitative estimate of drug-likeness (QED) is 0.905. The number of likely N-dealkylation sites (tertiary alicyclic amines) is 1. The molecule has 0 radical (unpaired) electrons. The maximum Gasteiger partial charge on any atom is 0.305 e. The molecule has 2 aromatic rings. The molecule has 1 aliphatic rings. The zero-order valence-corrected chi connectivity index (χ0v) is 14.4. The molecule has 1 N–H and O–H groups in total. The largest absolute Gasteiger partial charge is 0.481 e. The van der Waals surface area contributed by atoms with Crippen molar-refractivity contribution in [3.8, 4) is 0 Å². The van der Waals surface area contributed by atoms with Gasteiger partial charge in [0.25, 0.3) is 5.91 Å². The van der Waals surface area contributed by atoms with Crippen molar-refractivity contribution in [2.75, 3.05) is 6.54 Å². The molecule has 1 saturated heterocycles. The minimum Gasteiger partial charge on any atom is -0.481 e. The van der Waals surface area contributed by atoms with E-state index in [1.807, 2.05) is 6.92 Å². The minimum atomic E-state index is -0.863. The third-order valence-electron chi connectivity index (χ3n) is 4.30.